The number of aliphatic hydroxyl groups excluding tert-OH is 1. The number of aromatic nitrogens is 2. The third-order valence-corrected chi connectivity index (χ3v) is 5.51. The van der Waals surface area contributed by atoms with Crippen molar-refractivity contribution in [1.82, 2.24) is 19.8 Å². The van der Waals surface area contributed by atoms with Gasteiger partial charge < -0.3 is 19.8 Å². The highest BCUT2D eigenvalue weighted by Gasteiger charge is 2.29. The second-order valence-corrected chi connectivity index (χ2v) is 7.25. The molecule has 4 rings (SSSR count). The molecule has 128 valence electrons. The maximum absolute atomic E-state index is 12.6. The summed E-state index contributed by atoms with van der Waals surface area (Å²) in [6.07, 6.45) is 3.14. The zero-order valence-corrected chi connectivity index (χ0v) is 14.3. The van der Waals surface area contributed by atoms with Gasteiger partial charge in [0.25, 0.3) is 0 Å². The number of amides is 2. The molecule has 1 atom stereocenters. The largest absolute Gasteiger partial charge is 0.389 e. The molecule has 24 heavy (non-hydrogen) atoms. The number of anilines is 1. The van der Waals surface area contributed by atoms with Crippen LogP contribution in [0.1, 0.15) is 12.8 Å². The third kappa shape index (κ3) is 2.91. The van der Waals surface area contributed by atoms with E-state index in [2.05, 4.69) is 14.9 Å². The standard InChI is InChI=1S/C16H21N5O2S/c22-12-9-20(14-13-3-8-24-15(13)18-11-17-14)6-7-21(10-12)16(23)19-4-1-2-5-19/h3,8,11-12,22H,1-2,4-7,9-10H2/t12-/m0/s1. The first kappa shape index (κ1) is 15.6. The number of rotatable bonds is 1. The number of β-amino-alcohol motifs (C(OH)–C–C–N with tert-alkyl or cyclic N) is 1. The Bertz CT molecular complexity index is 730. The van der Waals surface area contributed by atoms with Crippen LogP contribution in [0.4, 0.5) is 10.6 Å². The third-order valence-electron chi connectivity index (χ3n) is 4.69. The summed E-state index contributed by atoms with van der Waals surface area (Å²) < 4.78 is 0. The summed E-state index contributed by atoms with van der Waals surface area (Å²) in [6.45, 7) is 3.78. The highest BCUT2D eigenvalue weighted by Crippen LogP contribution is 2.27. The fourth-order valence-electron chi connectivity index (χ4n) is 3.49. The number of urea groups is 1. The van der Waals surface area contributed by atoms with Crippen molar-refractivity contribution in [3.05, 3.63) is 17.8 Å². The Kier molecular flexibility index (Phi) is 4.24. The number of carbonyl (C=O) groups excluding carboxylic acids is 1. The molecule has 2 aliphatic heterocycles. The van der Waals surface area contributed by atoms with E-state index in [4.69, 9.17) is 0 Å². The molecule has 0 unspecified atom stereocenters. The molecule has 0 aromatic carbocycles. The monoisotopic (exact) mass is 347 g/mol. The van der Waals surface area contributed by atoms with Gasteiger partial charge in [-0.1, -0.05) is 0 Å². The number of hydrogen-bond acceptors (Lipinski definition) is 6. The van der Waals surface area contributed by atoms with E-state index in [1.54, 1.807) is 22.6 Å². The maximum atomic E-state index is 12.6. The van der Waals surface area contributed by atoms with Gasteiger partial charge in [-0.15, -0.1) is 11.3 Å². The molecule has 0 aliphatic carbocycles. The predicted molar refractivity (Wildman–Crippen MR) is 93.4 cm³/mol. The van der Waals surface area contributed by atoms with Crippen molar-refractivity contribution in [2.45, 2.75) is 18.9 Å². The number of thiophene rings is 1. The Hall–Kier alpha value is -1.93. The predicted octanol–water partition coefficient (Wildman–Crippen LogP) is 1.39. The molecule has 8 heteroatoms. The summed E-state index contributed by atoms with van der Waals surface area (Å²) in [5, 5.41) is 13.4. The van der Waals surface area contributed by atoms with Crippen molar-refractivity contribution in [2.75, 3.05) is 44.2 Å². The first-order valence-corrected chi connectivity index (χ1v) is 9.25. The van der Waals surface area contributed by atoms with E-state index in [1.807, 2.05) is 16.3 Å². The summed E-state index contributed by atoms with van der Waals surface area (Å²) in [5.41, 5.74) is 0. The fraction of sp³-hybridized carbons (Fsp3) is 0.562. The normalized spacial score (nSPS) is 22.2. The van der Waals surface area contributed by atoms with E-state index in [-0.39, 0.29) is 6.03 Å². The second kappa shape index (κ2) is 6.52. The lowest BCUT2D eigenvalue weighted by Gasteiger charge is -2.27. The Balaban J connectivity index is 1.53. The summed E-state index contributed by atoms with van der Waals surface area (Å²) in [5.74, 6) is 0.843. The van der Waals surface area contributed by atoms with Crippen LogP contribution in [0.15, 0.2) is 17.8 Å². The van der Waals surface area contributed by atoms with Crippen molar-refractivity contribution in [2.24, 2.45) is 0 Å². The zero-order chi connectivity index (χ0) is 16.5. The highest BCUT2D eigenvalue weighted by molar-refractivity contribution is 7.16. The number of likely N-dealkylation sites (tertiary alicyclic amines) is 1. The maximum Gasteiger partial charge on any atom is 0.320 e. The average Bonchev–Trinajstić information content (AvgIpc) is 3.24. The van der Waals surface area contributed by atoms with Crippen molar-refractivity contribution < 1.29 is 9.90 Å². The van der Waals surface area contributed by atoms with Crippen LogP contribution in [0, 0.1) is 0 Å². The lowest BCUT2D eigenvalue weighted by molar-refractivity contribution is 0.121. The molecule has 2 aromatic heterocycles. The lowest BCUT2D eigenvalue weighted by Crippen LogP contribution is -2.45. The molecule has 2 fully saturated rings. The molecule has 2 saturated heterocycles. The first-order chi connectivity index (χ1) is 11.7. The minimum Gasteiger partial charge on any atom is -0.389 e. The molecule has 4 heterocycles. The SMILES string of the molecule is O=C(N1CCCC1)N1CCN(c2ncnc3sccc23)C[C@H](O)C1. The van der Waals surface area contributed by atoms with Crippen molar-refractivity contribution >= 4 is 33.4 Å². The van der Waals surface area contributed by atoms with E-state index in [9.17, 15) is 9.90 Å². The molecule has 2 amide bonds. The Morgan fingerprint density at radius 1 is 1.12 bits per heavy atom. The summed E-state index contributed by atoms with van der Waals surface area (Å²) in [7, 11) is 0. The number of fused-ring (bicyclic) bond motifs is 1. The smallest absolute Gasteiger partial charge is 0.320 e. The van der Waals surface area contributed by atoms with Crippen LogP contribution >= 0.6 is 11.3 Å². The van der Waals surface area contributed by atoms with E-state index < -0.39 is 6.10 Å². The molecule has 0 bridgehead atoms. The molecule has 0 saturated carbocycles. The van der Waals surface area contributed by atoms with Gasteiger partial charge in [0.15, 0.2) is 0 Å². The van der Waals surface area contributed by atoms with Crippen LogP contribution in [-0.2, 0) is 0 Å². The Morgan fingerprint density at radius 2 is 1.96 bits per heavy atom. The van der Waals surface area contributed by atoms with Crippen molar-refractivity contribution in [1.29, 1.82) is 0 Å². The number of carbonyl (C=O) groups is 1. The first-order valence-electron chi connectivity index (χ1n) is 8.37. The topological polar surface area (TPSA) is 72.8 Å². The number of hydrogen-bond donors (Lipinski definition) is 1. The number of aliphatic hydroxyl groups is 1. The molecule has 2 aromatic rings. The summed E-state index contributed by atoms with van der Waals surface area (Å²) >= 11 is 1.58. The molecule has 7 nitrogen and oxygen atoms in total. The summed E-state index contributed by atoms with van der Waals surface area (Å²) in [6, 6.07) is 2.07. The molecule has 1 N–H and O–H groups in total. The van der Waals surface area contributed by atoms with Gasteiger partial charge in [0.2, 0.25) is 0 Å². The van der Waals surface area contributed by atoms with Gasteiger partial charge in [-0.25, -0.2) is 14.8 Å². The van der Waals surface area contributed by atoms with Crippen LogP contribution in [0.5, 0.6) is 0 Å². The Labute approximate surface area is 144 Å². The van der Waals surface area contributed by atoms with Crippen LogP contribution in [0.2, 0.25) is 0 Å². The van der Waals surface area contributed by atoms with Crippen LogP contribution in [0.25, 0.3) is 10.2 Å². The number of nitrogens with zero attached hydrogens (tertiary/aromatic N) is 5. The van der Waals surface area contributed by atoms with E-state index in [1.165, 1.54) is 0 Å². The van der Waals surface area contributed by atoms with Gasteiger partial charge in [0, 0.05) is 32.7 Å². The van der Waals surface area contributed by atoms with Gasteiger partial charge >= 0.3 is 6.03 Å². The minimum absolute atomic E-state index is 0.0526. The molecular weight excluding hydrogens is 326 g/mol. The van der Waals surface area contributed by atoms with Gasteiger partial charge in [-0.2, -0.15) is 0 Å². The quantitative estimate of drug-likeness (QED) is 0.844. The molecular formula is C16H21N5O2S. The van der Waals surface area contributed by atoms with Gasteiger partial charge in [-0.3, -0.25) is 0 Å². The van der Waals surface area contributed by atoms with Crippen LogP contribution in [-0.4, -0.2) is 76.3 Å². The zero-order valence-electron chi connectivity index (χ0n) is 13.5. The highest BCUT2D eigenvalue weighted by atomic mass is 32.1. The van der Waals surface area contributed by atoms with E-state index in [0.717, 1.165) is 42.0 Å². The molecule has 0 radical (unpaired) electrons. The van der Waals surface area contributed by atoms with E-state index in [0.29, 0.717) is 26.2 Å². The van der Waals surface area contributed by atoms with Gasteiger partial charge in [0.05, 0.1) is 18.0 Å². The fourth-order valence-corrected chi connectivity index (χ4v) is 4.22. The van der Waals surface area contributed by atoms with Crippen LogP contribution < -0.4 is 4.90 Å². The summed E-state index contributed by atoms with van der Waals surface area (Å²) in [4.78, 5) is 28.0. The molecule has 2 aliphatic rings. The Morgan fingerprint density at radius 3 is 2.79 bits per heavy atom. The van der Waals surface area contributed by atoms with Gasteiger partial charge in [-0.05, 0) is 24.3 Å². The minimum atomic E-state index is -0.581. The van der Waals surface area contributed by atoms with E-state index >= 15 is 0 Å². The van der Waals surface area contributed by atoms with Crippen molar-refractivity contribution in [3.8, 4) is 0 Å². The lowest BCUT2D eigenvalue weighted by atomic mass is 10.3. The average molecular weight is 347 g/mol. The second-order valence-electron chi connectivity index (χ2n) is 6.36. The van der Waals surface area contributed by atoms with Gasteiger partial charge in [0.1, 0.15) is 17.0 Å². The van der Waals surface area contributed by atoms with Crippen LogP contribution in [0.3, 0.4) is 0 Å². The molecule has 0 spiro atoms. The van der Waals surface area contributed by atoms with Crippen molar-refractivity contribution in [3.63, 3.8) is 0 Å².